The van der Waals surface area contributed by atoms with E-state index in [1.54, 1.807) is 0 Å². The van der Waals surface area contributed by atoms with Crippen molar-refractivity contribution in [3.63, 3.8) is 0 Å². The lowest BCUT2D eigenvalue weighted by Gasteiger charge is -2.11. The van der Waals surface area contributed by atoms with Gasteiger partial charge < -0.3 is 4.42 Å². The Morgan fingerprint density at radius 2 is 1.16 bits per heavy atom. The molecule has 50 heavy (non-hydrogen) atoms. The molecule has 0 aliphatic carbocycles. The Morgan fingerprint density at radius 3 is 2.02 bits per heavy atom. The maximum Gasteiger partial charge on any atom is 0.236 e. The summed E-state index contributed by atoms with van der Waals surface area (Å²) in [5.41, 5.74) is 6.31. The van der Waals surface area contributed by atoms with Gasteiger partial charge >= 0.3 is 0 Å². The third kappa shape index (κ3) is 3.49. The van der Waals surface area contributed by atoms with Gasteiger partial charge in [0, 0.05) is 67.5 Å². The molecule has 0 fully saturated rings. The minimum Gasteiger partial charge on any atom is -0.452 e. The Morgan fingerprint density at radius 1 is 0.500 bits per heavy atom. The van der Waals surface area contributed by atoms with Gasteiger partial charge in [0.15, 0.2) is 5.58 Å². The second-order valence-electron chi connectivity index (χ2n) is 12.9. The number of benzene rings is 7. The lowest BCUT2D eigenvalue weighted by atomic mass is 10.00. The molecule has 12 rings (SSSR count). The number of fused-ring (bicyclic) bond motifs is 16. The summed E-state index contributed by atoms with van der Waals surface area (Å²) in [4.78, 5) is 10.9. The first-order valence-corrected chi connectivity index (χ1v) is 18.3. The first-order valence-electron chi connectivity index (χ1n) is 16.7. The van der Waals surface area contributed by atoms with Crippen LogP contribution in [0.1, 0.15) is 0 Å². The van der Waals surface area contributed by atoms with Crippen LogP contribution in [-0.4, -0.2) is 14.5 Å². The van der Waals surface area contributed by atoms with E-state index in [1.807, 2.05) is 34.8 Å². The van der Waals surface area contributed by atoms with Crippen molar-refractivity contribution in [2.75, 3.05) is 0 Å². The Kier molecular flexibility index (Phi) is 5.23. The van der Waals surface area contributed by atoms with Crippen LogP contribution in [0.5, 0.6) is 0 Å². The molecule has 0 saturated heterocycles. The number of thiophene rings is 2. The van der Waals surface area contributed by atoms with Crippen LogP contribution in [0.2, 0.25) is 0 Å². The van der Waals surface area contributed by atoms with Crippen molar-refractivity contribution in [1.29, 1.82) is 0 Å². The molecular weight excluding hydrogens is 651 g/mol. The molecule has 12 aromatic rings. The molecular formula is C44H23N3OS2. The molecule has 0 N–H and O–H groups in total. The summed E-state index contributed by atoms with van der Waals surface area (Å²) in [6.07, 6.45) is 0. The number of furan rings is 1. The van der Waals surface area contributed by atoms with E-state index in [4.69, 9.17) is 14.4 Å². The third-order valence-electron chi connectivity index (χ3n) is 10.2. The molecule has 0 bridgehead atoms. The molecule has 6 heteroatoms. The van der Waals surface area contributed by atoms with E-state index in [0.717, 1.165) is 38.8 Å². The van der Waals surface area contributed by atoms with Gasteiger partial charge in [-0.3, -0.25) is 4.57 Å². The summed E-state index contributed by atoms with van der Waals surface area (Å²) < 4.78 is 14.0. The molecule has 0 aliphatic heterocycles. The van der Waals surface area contributed by atoms with E-state index < -0.39 is 0 Å². The van der Waals surface area contributed by atoms with Gasteiger partial charge in [-0.15, -0.1) is 22.7 Å². The molecule has 5 heterocycles. The maximum absolute atomic E-state index is 6.60. The molecule has 0 atom stereocenters. The van der Waals surface area contributed by atoms with Crippen molar-refractivity contribution >= 4 is 118 Å². The molecule has 0 saturated carbocycles. The van der Waals surface area contributed by atoms with Gasteiger partial charge in [0.25, 0.3) is 0 Å². The topological polar surface area (TPSA) is 43.9 Å². The predicted octanol–water partition coefficient (Wildman–Crippen LogP) is 13.0. The highest BCUT2D eigenvalue weighted by molar-refractivity contribution is 7.27. The number of aromatic nitrogens is 3. The molecule has 4 nitrogen and oxygen atoms in total. The van der Waals surface area contributed by atoms with Gasteiger partial charge in [-0.05, 0) is 47.9 Å². The molecule has 0 spiro atoms. The van der Waals surface area contributed by atoms with Crippen molar-refractivity contribution < 1.29 is 4.42 Å². The molecule has 5 aromatic heterocycles. The maximum atomic E-state index is 6.60. The minimum absolute atomic E-state index is 0.631. The average molecular weight is 674 g/mol. The Balaban J connectivity index is 1.26. The van der Waals surface area contributed by atoms with Gasteiger partial charge in [-0.1, -0.05) is 97.1 Å². The van der Waals surface area contributed by atoms with Crippen LogP contribution in [0, 0.1) is 0 Å². The largest absolute Gasteiger partial charge is 0.452 e. The van der Waals surface area contributed by atoms with Gasteiger partial charge in [0.2, 0.25) is 5.95 Å². The molecule has 232 valence electrons. The van der Waals surface area contributed by atoms with Gasteiger partial charge in [-0.2, -0.15) is 0 Å². The summed E-state index contributed by atoms with van der Waals surface area (Å²) in [7, 11) is 0. The standard InChI is InChI=1S/C44H23N3OS2/c1-2-13-27-26(12-1)37-30-16-6-10-20-35(30)50-43(37)38-28-14-3-7-17-32(28)47(41(27)38)44-45-39(42-40(46-44)29-15-4-8-18-33(29)48-42)24-21-22-36-31(23-24)25-11-5-9-19-34(25)49-36/h1-23H. The molecule has 0 aliphatic rings. The van der Waals surface area contributed by atoms with Gasteiger partial charge in [0.1, 0.15) is 16.8 Å². The van der Waals surface area contributed by atoms with Crippen molar-refractivity contribution in [3.05, 3.63) is 140 Å². The second-order valence-corrected chi connectivity index (χ2v) is 15.0. The van der Waals surface area contributed by atoms with Gasteiger partial charge in [-0.25, -0.2) is 9.97 Å². The second kappa shape index (κ2) is 9.76. The zero-order valence-electron chi connectivity index (χ0n) is 26.3. The van der Waals surface area contributed by atoms with E-state index >= 15 is 0 Å². The zero-order valence-corrected chi connectivity index (χ0v) is 28.0. The van der Waals surface area contributed by atoms with Crippen LogP contribution < -0.4 is 0 Å². The van der Waals surface area contributed by atoms with Gasteiger partial charge in [0.05, 0.1) is 11.0 Å². The van der Waals surface area contributed by atoms with Crippen molar-refractivity contribution in [1.82, 2.24) is 14.5 Å². The van der Waals surface area contributed by atoms with Crippen LogP contribution in [-0.2, 0) is 0 Å². The van der Waals surface area contributed by atoms with Crippen LogP contribution in [0.25, 0.3) is 112 Å². The normalized spacial score (nSPS) is 12.4. The zero-order chi connectivity index (χ0) is 32.5. The van der Waals surface area contributed by atoms with Crippen LogP contribution in [0.4, 0.5) is 0 Å². The van der Waals surface area contributed by atoms with E-state index in [1.165, 1.54) is 61.9 Å². The summed E-state index contributed by atoms with van der Waals surface area (Å²) in [6.45, 7) is 0. The molecule has 0 amide bonds. The fourth-order valence-corrected chi connectivity index (χ4v) is 10.4. The van der Waals surface area contributed by atoms with Crippen molar-refractivity contribution in [3.8, 4) is 17.2 Å². The highest BCUT2D eigenvalue weighted by Crippen LogP contribution is 2.48. The van der Waals surface area contributed by atoms with Crippen molar-refractivity contribution in [2.45, 2.75) is 0 Å². The Labute approximate surface area is 292 Å². The van der Waals surface area contributed by atoms with Crippen LogP contribution in [0.3, 0.4) is 0 Å². The molecule has 0 radical (unpaired) electrons. The Bertz CT molecular complexity index is 3400. The minimum atomic E-state index is 0.631. The number of hydrogen-bond acceptors (Lipinski definition) is 5. The number of rotatable bonds is 2. The predicted molar refractivity (Wildman–Crippen MR) is 212 cm³/mol. The fourth-order valence-electron chi connectivity index (χ4n) is 8.08. The Hall–Kier alpha value is -6.08. The SMILES string of the molecule is c1ccc2c(c1)oc1c(-c3ccc4sc5ccccc5c4c3)nc(-n3c4ccccc4c4c5sc6ccccc6c5c5ccccc5c43)nc12. The number of nitrogens with zero attached hydrogens (tertiary/aromatic N) is 3. The summed E-state index contributed by atoms with van der Waals surface area (Å²) in [5.74, 6) is 0.631. The van der Waals surface area contributed by atoms with E-state index in [-0.39, 0.29) is 0 Å². The number of hydrogen-bond donors (Lipinski definition) is 0. The van der Waals surface area contributed by atoms with Crippen molar-refractivity contribution in [2.24, 2.45) is 0 Å². The summed E-state index contributed by atoms with van der Waals surface area (Å²) in [5, 5.41) is 10.9. The lowest BCUT2D eigenvalue weighted by molar-refractivity contribution is 0.666. The average Bonchev–Trinajstić information content (AvgIpc) is 3.93. The molecule has 7 aromatic carbocycles. The van der Waals surface area contributed by atoms with Crippen LogP contribution >= 0.6 is 22.7 Å². The summed E-state index contributed by atoms with van der Waals surface area (Å²) in [6, 6.07) is 49.7. The van der Waals surface area contributed by atoms with E-state index in [0.29, 0.717) is 11.5 Å². The summed E-state index contributed by atoms with van der Waals surface area (Å²) >= 11 is 3.69. The third-order valence-corrected chi connectivity index (χ3v) is 12.5. The quantitative estimate of drug-likeness (QED) is 0.183. The molecule has 0 unspecified atom stereocenters. The smallest absolute Gasteiger partial charge is 0.236 e. The monoisotopic (exact) mass is 673 g/mol. The lowest BCUT2D eigenvalue weighted by Crippen LogP contribution is -2.03. The fraction of sp³-hybridized carbons (Fsp3) is 0. The first kappa shape index (κ1) is 26.8. The number of para-hydroxylation sites is 2. The van der Waals surface area contributed by atoms with E-state index in [2.05, 4.69) is 132 Å². The highest BCUT2D eigenvalue weighted by atomic mass is 32.1. The highest BCUT2D eigenvalue weighted by Gasteiger charge is 2.25. The first-order chi connectivity index (χ1) is 24.8. The van der Waals surface area contributed by atoms with Crippen LogP contribution in [0.15, 0.2) is 144 Å². The van der Waals surface area contributed by atoms with E-state index in [9.17, 15) is 0 Å².